The summed E-state index contributed by atoms with van der Waals surface area (Å²) in [6.45, 7) is 8.16. The van der Waals surface area contributed by atoms with Gasteiger partial charge < -0.3 is 0 Å². The first-order valence-electron chi connectivity index (χ1n) is 6.45. The van der Waals surface area contributed by atoms with Crippen molar-refractivity contribution < 1.29 is 4.79 Å². The molecule has 1 rings (SSSR count). The Labute approximate surface area is 94.0 Å². The molecule has 0 radical (unpaired) electrons. The van der Waals surface area contributed by atoms with E-state index in [1.165, 1.54) is 25.7 Å². The summed E-state index contributed by atoms with van der Waals surface area (Å²) < 4.78 is 0. The van der Waals surface area contributed by atoms with Crippen LogP contribution in [0.15, 0.2) is 0 Å². The minimum absolute atomic E-state index is 0.243. The second kappa shape index (κ2) is 6.26. The third kappa shape index (κ3) is 4.33. The normalized spacial score (nSPS) is 18.1. The molecule has 1 fully saturated rings. The number of Topliss-reactive ketones (excluding diaryl/α,β-unsaturated/α-hetero) is 1. The maximum atomic E-state index is 11.8. The van der Waals surface area contributed by atoms with E-state index >= 15 is 0 Å². The smallest absolute Gasteiger partial charge is 0.149 e. The van der Waals surface area contributed by atoms with E-state index in [1.807, 2.05) is 6.92 Å². The number of hydrogen-bond acceptors (Lipinski definition) is 2. The molecule has 0 heterocycles. The standard InChI is InChI=1S/C13H25NO/c1-4-6-9-14(12-7-8-12)10-13(15)11(3)5-2/h11-12H,4-10H2,1-3H3. The number of rotatable bonds is 8. The highest BCUT2D eigenvalue weighted by Crippen LogP contribution is 2.27. The van der Waals surface area contributed by atoms with Gasteiger partial charge in [-0.3, -0.25) is 9.69 Å². The van der Waals surface area contributed by atoms with Crippen molar-refractivity contribution in [2.24, 2.45) is 5.92 Å². The Morgan fingerprint density at radius 2 is 2.07 bits per heavy atom. The molecular weight excluding hydrogens is 186 g/mol. The highest BCUT2D eigenvalue weighted by molar-refractivity contribution is 5.82. The van der Waals surface area contributed by atoms with Crippen LogP contribution in [0.5, 0.6) is 0 Å². The molecular formula is C13H25NO. The first-order valence-corrected chi connectivity index (χ1v) is 6.45. The Bertz CT molecular complexity index is 199. The van der Waals surface area contributed by atoms with Crippen LogP contribution < -0.4 is 0 Å². The molecule has 1 atom stereocenters. The molecule has 0 amide bonds. The summed E-state index contributed by atoms with van der Waals surface area (Å²) in [6.07, 6.45) is 6.03. The average molecular weight is 211 g/mol. The summed E-state index contributed by atoms with van der Waals surface area (Å²) in [5, 5.41) is 0. The van der Waals surface area contributed by atoms with Gasteiger partial charge in [-0.25, -0.2) is 0 Å². The molecule has 2 nitrogen and oxygen atoms in total. The Kier molecular flexibility index (Phi) is 5.30. The van der Waals surface area contributed by atoms with Gasteiger partial charge in [-0.05, 0) is 32.2 Å². The molecule has 0 N–H and O–H groups in total. The fourth-order valence-corrected chi connectivity index (χ4v) is 1.78. The predicted molar refractivity (Wildman–Crippen MR) is 64.0 cm³/mol. The van der Waals surface area contributed by atoms with E-state index in [0.717, 1.165) is 19.0 Å². The molecule has 2 heteroatoms. The number of carbonyl (C=O) groups excluding carboxylic acids is 1. The van der Waals surface area contributed by atoms with E-state index in [9.17, 15) is 4.79 Å². The number of nitrogens with zero attached hydrogens (tertiary/aromatic N) is 1. The largest absolute Gasteiger partial charge is 0.298 e. The van der Waals surface area contributed by atoms with Crippen molar-refractivity contribution in [1.29, 1.82) is 0 Å². The summed E-state index contributed by atoms with van der Waals surface area (Å²) in [6, 6.07) is 0.726. The molecule has 0 saturated heterocycles. The van der Waals surface area contributed by atoms with Gasteiger partial charge in [-0.2, -0.15) is 0 Å². The van der Waals surface area contributed by atoms with Gasteiger partial charge in [0.25, 0.3) is 0 Å². The molecule has 0 aromatic heterocycles. The van der Waals surface area contributed by atoms with Crippen molar-refractivity contribution in [2.45, 2.75) is 58.9 Å². The summed E-state index contributed by atoms with van der Waals surface area (Å²) in [5.41, 5.74) is 0. The number of ketones is 1. The van der Waals surface area contributed by atoms with Crippen molar-refractivity contribution in [3.8, 4) is 0 Å². The van der Waals surface area contributed by atoms with Crippen molar-refractivity contribution >= 4 is 5.78 Å². The second-order valence-corrected chi connectivity index (χ2v) is 4.83. The minimum atomic E-state index is 0.243. The molecule has 1 saturated carbocycles. The van der Waals surface area contributed by atoms with Crippen molar-refractivity contribution in [3.63, 3.8) is 0 Å². The fourth-order valence-electron chi connectivity index (χ4n) is 1.78. The lowest BCUT2D eigenvalue weighted by atomic mass is 10.0. The van der Waals surface area contributed by atoms with E-state index in [4.69, 9.17) is 0 Å². The lowest BCUT2D eigenvalue weighted by Gasteiger charge is -2.22. The van der Waals surface area contributed by atoms with Crippen molar-refractivity contribution in [3.05, 3.63) is 0 Å². The maximum Gasteiger partial charge on any atom is 0.149 e. The number of carbonyl (C=O) groups is 1. The van der Waals surface area contributed by atoms with Gasteiger partial charge in [0, 0.05) is 12.0 Å². The van der Waals surface area contributed by atoms with Crippen LogP contribution in [0.1, 0.15) is 52.9 Å². The van der Waals surface area contributed by atoms with Crippen LogP contribution >= 0.6 is 0 Å². The van der Waals surface area contributed by atoms with Gasteiger partial charge in [-0.1, -0.05) is 27.2 Å². The lowest BCUT2D eigenvalue weighted by Crippen LogP contribution is -2.34. The van der Waals surface area contributed by atoms with E-state index in [1.54, 1.807) is 0 Å². The second-order valence-electron chi connectivity index (χ2n) is 4.83. The van der Waals surface area contributed by atoms with Crippen molar-refractivity contribution in [2.75, 3.05) is 13.1 Å². The van der Waals surface area contributed by atoms with Crippen LogP contribution in [0.4, 0.5) is 0 Å². The van der Waals surface area contributed by atoms with Gasteiger partial charge >= 0.3 is 0 Å². The molecule has 88 valence electrons. The van der Waals surface area contributed by atoms with Gasteiger partial charge in [0.15, 0.2) is 0 Å². The van der Waals surface area contributed by atoms with Gasteiger partial charge in [0.2, 0.25) is 0 Å². The summed E-state index contributed by atoms with van der Waals surface area (Å²) >= 11 is 0. The third-order valence-electron chi connectivity index (χ3n) is 3.38. The van der Waals surface area contributed by atoms with Crippen molar-refractivity contribution in [1.82, 2.24) is 4.90 Å². The first-order chi connectivity index (χ1) is 7.19. The van der Waals surface area contributed by atoms with Crippen LogP contribution in [0.3, 0.4) is 0 Å². The fraction of sp³-hybridized carbons (Fsp3) is 0.923. The van der Waals surface area contributed by atoms with Crippen LogP contribution in [0.2, 0.25) is 0 Å². The van der Waals surface area contributed by atoms with Crippen LogP contribution in [0, 0.1) is 5.92 Å². The lowest BCUT2D eigenvalue weighted by molar-refractivity contribution is -0.123. The Morgan fingerprint density at radius 1 is 1.40 bits per heavy atom. The summed E-state index contributed by atoms with van der Waals surface area (Å²) in [4.78, 5) is 14.2. The summed E-state index contributed by atoms with van der Waals surface area (Å²) in [5.74, 6) is 0.674. The zero-order valence-corrected chi connectivity index (χ0v) is 10.5. The zero-order chi connectivity index (χ0) is 11.3. The molecule has 0 aromatic rings. The predicted octanol–water partition coefficient (Wildman–Crippen LogP) is 2.87. The Morgan fingerprint density at radius 3 is 2.53 bits per heavy atom. The molecule has 0 bridgehead atoms. The van der Waals surface area contributed by atoms with E-state index in [2.05, 4.69) is 18.7 Å². The van der Waals surface area contributed by atoms with E-state index in [0.29, 0.717) is 12.3 Å². The molecule has 1 aliphatic carbocycles. The molecule has 1 unspecified atom stereocenters. The van der Waals surface area contributed by atoms with E-state index in [-0.39, 0.29) is 5.92 Å². The van der Waals surface area contributed by atoms with Crippen LogP contribution in [0.25, 0.3) is 0 Å². The SMILES string of the molecule is CCCCN(CC(=O)C(C)CC)C1CC1. The van der Waals surface area contributed by atoms with Crippen LogP contribution in [-0.2, 0) is 4.79 Å². The van der Waals surface area contributed by atoms with Gasteiger partial charge in [0.05, 0.1) is 6.54 Å². The quantitative estimate of drug-likeness (QED) is 0.615. The maximum absolute atomic E-state index is 11.8. The first kappa shape index (κ1) is 12.7. The highest BCUT2D eigenvalue weighted by Gasteiger charge is 2.30. The summed E-state index contributed by atoms with van der Waals surface area (Å²) in [7, 11) is 0. The molecule has 0 aliphatic heterocycles. The zero-order valence-electron chi connectivity index (χ0n) is 10.5. The highest BCUT2D eigenvalue weighted by atomic mass is 16.1. The number of unbranched alkanes of at least 4 members (excludes halogenated alkanes) is 1. The topological polar surface area (TPSA) is 20.3 Å². The minimum Gasteiger partial charge on any atom is -0.298 e. The Balaban J connectivity index is 2.33. The molecule has 15 heavy (non-hydrogen) atoms. The van der Waals surface area contributed by atoms with Crippen LogP contribution in [-0.4, -0.2) is 29.8 Å². The average Bonchev–Trinajstić information content (AvgIpc) is 3.06. The molecule has 0 spiro atoms. The van der Waals surface area contributed by atoms with Gasteiger partial charge in [0.1, 0.15) is 5.78 Å². The number of hydrogen-bond donors (Lipinski definition) is 0. The monoisotopic (exact) mass is 211 g/mol. The van der Waals surface area contributed by atoms with Gasteiger partial charge in [-0.15, -0.1) is 0 Å². The third-order valence-corrected chi connectivity index (χ3v) is 3.38. The molecule has 1 aliphatic rings. The molecule has 0 aromatic carbocycles. The van der Waals surface area contributed by atoms with E-state index < -0.39 is 0 Å². The Hall–Kier alpha value is -0.370.